The largest absolute Gasteiger partial charge is 0.325 e. The number of likely N-dealkylation sites (tertiary alicyclic amines) is 1. The van der Waals surface area contributed by atoms with Crippen molar-refractivity contribution >= 4 is 5.91 Å². The summed E-state index contributed by atoms with van der Waals surface area (Å²) in [6, 6.07) is 1.32. The Morgan fingerprint density at radius 3 is 3.00 bits per heavy atom. The lowest BCUT2D eigenvalue weighted by atomic mass is 9.98. The molecule has 3 atom stereocenters. The summed E-state index contributed by atoms with van der Waals surface area (Å²) in [5.74, 6) is 2.69. The summed E-state index contributed by atoms with van der Waals surface area (Å²) in [7, 11) is 0. The predicted octanol–water partition coefficient (Wildman–Crippen LogP) is 0.878. The van der Waals surface area contributed by atoms with Gasteiger partial charge >= 0.3 is 0 Å². The van der Waals surface area contributed by atoms with E-state index in [0.717, 1.165) is 12.8 Å². The first-order valence-corrected chi connectivity index (χ1v) is 5.99. The Bertz CT molecular complexity index is 353. The molecular formula is C13H19N3O. The van der Waals surface area contributed by atoms with Gasteiger partial charge in [-0.2, -0.15) is 5.26 Å². The molecule has 17 heavy (non-hydrogen) atoms. The molecule has 0 aromatic rings. The molecule has 1 rings (SSSR count). The van der Waals surface area contributed by atoms with E-state index in [1.807, 2.05) is 6.92 Å². The fourth-order valence-corrected chi connectivity index (χ4v) is 2.20. The van der Waals surface area contributed by atoms with E-state index in [2.05, 4.69) is 12.0 Å². The molecule has 0 aliphatic carbocycles. The first-order chi connectivity index (χ1) is 8.10. The minimum absolute atomic E-state index is 0.113. The first-order valence-electron chi connectivity index (χ1n) is 5.99. The molecule has 0 aromatic carbocycles. The van der Waals surface area contributed by atoms with Gasteiger partial charge in [0.1, 0.15) is 6.04 Å². The molecule has 1 aliphatic heterocycles. The van der Waals surface area contributed by atoms with Gasteiger partial charge in [0.15, 0.2) is 0 Å². The second-order valence-electron chi connectivity index (χ2n) is 4.67. The van der Waals surface area contributed by atoms with Gasteiger partial charge in [-0.15, -0.1) is 12.3 Å². The zero-order valence-corrected chi connectivity index (χ0v) is 10.2. The van der Waals surface area contributed by atoms with Crippen molar-refractivity contribution in [1.29, 1.82) is 5.26 Å². The van der Waals surface area contributed by atoms with Crippen molar-refractivity contribution in [3.05, 3.63) is 0 Å². The van der Waals surface area contributed by atoms with Crippen LogP contribution in [0.4, 0.5) is 0 Å². The van der Waals surface area contributed by atoms with Crippen LogP contribution in [0.5, 0.6) is 0 Å². The Kier molecular flexibility index (Phi) is 5.00. The van der Waals surface area contributed by atoms with Crippen LogP contribution in [0.15, 0.2) is 0 Å². The number of amides is 1. The van der Waals surface area contributed by atoms with Crippen LogP contribution < -0.4 is 5.73 Å². The highest BCUT2D eigenvalue weighted by atomic mass is 16.2. The van der Waals surface area contributed by atoms with Crippen molar-refractivity contribution < 1.29 is 4.79 Å². The van der Waals surface area contributed by atoms with Crippen LogP contribution in [0.3, 0.4) is 0 Å². The summed E-state index contributed by atoms with van der Waals surface area (Å²) in [5, 5.41) is 8.92. The highest BCUT2D eigenvalue weighted by molar-refractivity contribution is 5.82. The highest BCUT2D eigenvalue weighted by Crippen LogP contribution is 2.19. The van der Waals surface area contributed by atoms with E-state index in [-0.39, 0.29) is 17.9 Å². The minimum atomic E-state index is -0.535. The van der Waals surface area contributed by atoms with E-state index in [1.165, 1.54) is 0 Å². The maximum absolute atomic E-state index is 12.1. The number of terminal acetylenes is 1. The number of nitrogens with zero attached hydrogens (tertiary/aromatic N) is 2. The number of carbonyl (C=O) groups excluding carboxylic acids is 1. The predicted molar refractivity (Wildman–Crippen MR) is 65.6 cm³/mol. The number of hydrogen-bond donors (Lipinski definition) is 1. The standard InChI is InChI=1S/C13H19N3O/c1-3-5-10(2)8-12(15)13(17)16-7-4-6-11(16)9-14/h1,10-12H,4-8,15H2,2H3/t10?,11-,12-/m0/s1. The number of rotatable bonds is 4. The fraction of sp³-hybridized carbons (Fsp3) is 0.692. The number of nitrogens with two attached hydrogens (primary N) is 1. The topological polar surface area (TPSA) is 70.1 Å². The molecular weight excluding hydrogens is 214 g/mol. The molecule has 92 valence electrons. The minimum Gasteiger partial charge on any atom is -0.325 e. The summed E-state index contributed by atoms with van der Waals surface area (Å²) < 4.78 is 0. The van der Waals surface area contributed by atoms with Gasteiger partial charge in [0.2, 0.25) is 5.91 Å². The zero-order chi connectivity index (χ0) is 12.8. The molecule has 1 fully saturated rings. The smallest absolute Gasteiger partial charge is 0.240 e. The van der Waals surface area contributed by atoms with Crippen molar-refractivity contribution in [2.75, 3.05) is 6.54 Å². The molecule has 0 radical (unpaired) electrons. The normalized spacial score (nSPS) is 22.6. The Morgan fingerprint density at radius 2 is 2.41 bits per heavy atom. The average Bonchev–Trinajstić information content (AvgIpc) is 2.76. The van der Waals surface area contributed by atoms with Crippen LogP contribution >= 0.6 is 0 Å². The molecule has 4 nitrogen and oxygen atoms in total. The molecule has 2 N–H and O–H groups in total. The second kappa shape index (κ2) is 6.27. The van der Waals surface area contributed by atoms with Crippen molar-refractivity contribution in [2.45, 2.75) is 44.7 Å². The lowest BCUT2D eigenvalue weighted by molar-refractivity contribution is -0.132. The molecule has 0 bridgehead atoms. The molecule has 1 aliphatic rings. The maximum atomic E-state index is 12.1. The Morgan fingerprint density at radius 1 is 1.71 bits per heavy atom. The van der Waals surface area contributed by atoms with E-state index in [9.17, 15) is 4.79 Å². The van der Waals surface area contributed by atoms with Crippen LogP contribution in [0, 0.1) is 29.6 Å². The lowest BCUT2D eigenvalue weighted by Crippen LogP contribution is -2.46. The average molecular weight is 233 g/mol. The number of hydrogen-bond acceptors (Lipinski definition) is 3. The monoisotopic (exact) mass is 233 g/mol. The fourth-order valence-electron chi connectivity index (χ4n) is 2.20. The summed E-state index contributed by atoms with van der Waals surface area (Å²) in [6.45, 7) is 2.63. The molecule has 4 heteroatoms. The Labute approximate surface area is 103 Å². The third-order valence-corrected chi connectivity index (χ3v) is 3.12. The Balaban J connectivity index is 2.52. The van der Waals surface area contributed by atoms with E-state index in [1.54, 1.807) is 4.90 Å². The van der Waals surface area contributed by atoms with Crippen LogP contribution in [0.2, 0.25) is 0 Å². The third kappa shape index (κ3) is 3.47. The van der Waals surface area contributed by atoms with Crippen LogP contribution in [0.1, 0.15) is 32.6 Å². The van der Waals surface area contributed by atoms with E-state index < -0.39 is 6.04 Å². The van der Waals surface area contributed by atoms with E-state index in [4.69, 9.17) is 17.4 Å². The van der Waals surface area contributed by atoms with Gasteiger partial charge in [-0.3, -0.25) is 4.79 Å². The van der Waals surface area contributed by atoms with Gasteiger partial charge in [-0.05, 0) is 25.2 Å². The SMILES string of the molecule is C#CCC(C)C[C@H](N)C(=O)N1CCC[C@H]1C#N. The second-order valence-corrected chi connectivity index (χ2v) is 4.67. The van der Waals surface area contributed by atoms with Crippen LogP contribution in [0.25, 0.3) is 0 Å². The summed E-state index contributed by atoms with van der Waals surface area (Å²) in [6.07, 6.45) is 8.07. The highest BCUT2D eigenvalue weighted by Gasteiger charge is 2.31. The van der Waals surface area contributed by atoms with Gasteiger partial charge in [-0.25, -0.2) is 0 Å². The molecule has 1 unspecified atom stereocenters. The van der Waals surface area contributed by atoms with Crippen molar-refractivity contribution in [3.63, 3.8) is 0 Å². The van der Waals surface area contributed by atoms with Gasteiger partial charge in [0.05, 0.1) is 12.1 Å². The van der Waals surface area contributed by atoms with Gasteiger partial charge in [0.25, 0.3) is 0 Å². The van der Waals surface area contributed by atoms with E-state index >= 15 is 0 Å². The van der Waals surface area contributed by atoms with Crippen molar-refractivity contribution in [3.8, 4) is 18.4 Å². The van der Waals surface area contributed by atoms with Crippen LogP contribution in [-0.4, -0.2) is 29.4 Å². The molecule has 0 saturated carbocycles. The van der Waals surface area contributed by atoms with E-state index in [0.29, 0.717) is 19.4 Å². The van der Waals surface area contributed by atoms with Crippen molar-refractivity contribution in [2.24, 2.45) is 11.7 Å². The summed E-state index contributed by atoms with van der Waals surface area (Å²) in [5.41, 5.74) is 5.88. The van der Waals surface area contributed by atoms with Crippen LogP contribution in [-0.2, 0) is 4.79 Å². The first kappa shape index (κ1) is 13.5. The molecule has 1 saturated heterocycles. The molecule has 1 heterocycles. The molecule has 0 spiro atoms. The molecule has 0 aromatic heterocycles. The number of carbonyl (C=O) groups is 1. The zero-order valence-electron chi connectivity index (χ0n) is 10.2. The van der Waals surface area contributed by atoms with Gasteiger partial charge < -0.3 is 10.6 Å². The van der Waals surface area contributed by atoms with Gasteiger partial charge in [0, 0.05) is 13.0 Å². The summed E-state index contributed by atoms with van der Waals surface area (Å²) >= 11 is 0. The van der Waals surface area contributed by atoms with Gasteiger partial charge in [-0.1, -0.05) is 6.92 Å². The lowest BCUT2D eigenvalue weighted by Gasteiger charge is -2.24. The number of nitriles is 1. The Hall–Kier alpha value is -1.52. The maximum Gasteiger partial charge on any atom is 0.240 e. The molecule has 1 amide bonds. The third-order valence-electron chi connectivity index (χ3n) is 3.12. The summed E-state index contributed by atoms with van der Waals surface area (Å²) in [4.78, 5) is 13.7. The van der Waals surface area contributed by atoms with Crippen molar-refractivity contribution in [1.82, 2.24) is 4.90 Å². The quantitative estimate of drug-likeness (QED) is 0.733.